The molecule has 0 spiro atoms. The Hall–Kier alpha value is -3.42. The maximum Gasteiger partial charge on any atom is 2.00 e. The molecule has 0 aliphatic heterocycles. The van der Waals surface area contributed by atoms with E-state index in [1.54, 1.807) is 0 Å². The van der Waals surface area contributed by atoms with E-state index in [1.807, 2.05) is 6.20 Å². The minimum absolute atomic E-state index is 0. The minimum atomic E-state index is -5.06. The van der Waals surface area contributed by atoms with E-state index in [2.05, 4.69) is 26.1 Å². The molecule has 4 aromatic heterocycles. The van der Waals surface area contributed by atoms with Gasteiger partial charge in [0.1, 0.15) is 11.9 Å². The van der Waals surface area contributed by atoms with Gasteiger partial charge in [0.2, 0.25) is 0 Å². The van der Waals surface area contributed by atoms with E-state index in [9.17, 15) is 48.3 Å². The molecule has 0 aliphatic rings. The first-order valence-corrected chi connectivity index (χ1v) is 10.8. The number of rotatable bonds is 4. The van der Waals surface area contributed by atoms with E-state index in [0.29, 0.717) is 41.1 Å². The van der Waals surface area contributed by atoms with Crippen molar-refractivity contribution in [1.29, 1.82) is 0 Å². The van der Waals surface area contributed by atoms with Crippen LogP contribution in [-0.2, 0) is 45.0 Å². The van der Waals surface area contributed by atoms with Crippen molar-refractivity contribution in [3.63, 3.8) is 0 Å². The van der Waals surface area contributed by atoms with Gasteiger partial charge < -0.3 is 9.67 Å². The Balaban J connectivity index is 0.00000462. The van der Waals surface area contributed by atoms with Crippen molar-refractivity contribution < 1.29 is 69.4 Å². The Kier molecular flexibility index (Phi) is 8.43. The largest absolute Gasteiger partial charge is 2.00 e. The van der Waals surface area contributed by atoms with Crippen LogP contribution in [0, 0.1) is 24.2 Å². The Morgan fingerprint density at radius 3 is 1.76 bits per heavy atom. The molecule has 0 unspecified atom stereocenters. The average Bonchev–Trinajstić information content (AvgIpc) is 3.34. The van der Waals surface area contributed by atoms with Gasteiger partial charge in [-0.05, 0) is 31.7 Å². The van der Waals surface area contributed by atoms with Crippen molar-refractivity contribution in [3.8, 4) is 17.1 Å². The molecule has 0 fully saturated rings. The van der Waals surface area contributed by atoms with Crippen LogP contribution in [0.4, 0.5) is 48.3 Å². The molecule has 0 saturated heterocycles. The smallest absolute Gasteiger partial charge is 0.343 e. The number of hydrogen-bond donors (Lipinski definition) is 0. The van der Waals surface area contributed by atoms with E-state index >= 15 is 0 Å². The van der Waals surface area contributed by atoms with Gasteiger partial charge in [-0.25, -0.2) is 8.78 Å². The van der Waals surface area contributed by atoms with Crippen molar-refractivity contribution in [3.05, 3.63) is 88.8 Å². The monoisotopic (exact) mass is 774 g/mol. The van der Waals surface area contributed by atoms with E-state index in [-0.39, 0.29) is 21.1 Å². The van der Waals surface area contributed by atoms with Gasteiger partial charge in [-0.2, -0.15) is 39.5 Å². The molecule has 0 saturated carbocycles. The Bertz CT molecular complexity index is 1570. The van der Waals surface area contributed by atoms with Crippen LogP contribution in [0.25, 0.3) is 17.1 Å². The van der Waals surface area contributed by atoms with E-state index in [0.717, 1.165) is 13.8 Å². The van der Waals surface area contributed by atoms with Crippen LogP contribution < -0.4 is 0 Å². The molecule has 0 aromatic carbocycles. The zero-order chi connectivity index (χ0) is 29.8. The summed E-state index contributed by atoms with van der Waals surface area (Å²) in [4.78, 5) is 10.8. The zero-order valence-electron chi connectivity index (χ0n) is 20.2. The van der Waals surface area contributed by atoms with Crippen LogP contribution in [0.1, 0.15) is 42.1 Å². The Morgan fingerprint density at radius 2 is 1.24 bits per heavy atom. The molecule has 17 heteroatoms. The van der Waals surface area contributed by atoms with Crippen molar-refractivity contribution >= 4 is 0 Å². The maximum atomic E-state index is 14.3. The summed E-state index contributed by atoms with van der Waals surface area (Å²) >= 11 is 0. The summed E-state index contributed by atoms with van der Waals surface area (Å²) < 4.78 is 149. The second-order valence-electron chi connectivity index (χ2n) is 8.80. The van der Waals surface area contributed by atoms with Crippen molar-refractivity contribution in [2.24, 2.45) is 0 Å². The summed E-state index contributed by atoms with van der Waals surface area (Å²) in [6.07, 6.45) is -13.1. The predicted molar refractivity (Wildman–Crippen MR) is 114 cm³/mol. The summed E-state index contributed by atoms with van der Waals surface area (Å²) in [5, 5.41) is 3.15. The third-order valence-electron chi connectivity index (χ3n) is 5.61. The Morgan fingerprint density at radius 1 is 0.683 bits per heavy atom. The summed E-state index contributed by atoms with van der Waals surface area (Å²) in [7, 11) is 0. The number of hydrogen-bond acceptors (Lipinski definition) is 4. The summed E-state index contributed by atoms with van der Waals surface area (Å²) in [6.45, 7) is 2.28. The molecular weight excluding hydrogens is 762 g/mol. The number of nitrogens with zero attached hydrogens (tertiary/aromatic N) is 5. The molecule has 0 bridgehead atoms. The second-order valence-corrected chi connectivity index (χ2v) is 8.80. The quantitative estimate of drug-likeness (QED) is 0.128. The fourth-order valence-corrected chi connectivity index (χ4v) is 3.48. The second kappa shape index (κ2) is 10.8. The molecule has 4 aromatic rings. The molecule has 41 heavy (non-hydrogen) atoms. The van der Waals surface area contributed by atoms with Crippen LogP contribution in [0.3, 0.4) is 0 Å². The standard InChI is InChI=1S/C24H12F11N5.Pt/c1-21(2,16-8-11(22(27,28)29)7-14(36-16)13-3-4-18(25)38-20(13)26)17-9-12(23(30,31)32)10-19(37-17)40-6-5-15(39-40)24(33,34)35;/h4-5,7-10H,1-2H3;/q-2;+2. The van der Waals surface area contributed by atoms with Gasteiger partial charge in [-0.15, -0.1) is 12.1 Å². The van der Waals surface area contributed by atoms with Crippen molar-refractivity contribution in [1.82, 2.24) is 24.7 Å². The van der Waals surface area contributed by atoms with Crippen LogP contribution in [0.2, 0.25) is 0 Å². The zero-order valence-corrected chi connectivity index (χ0v) is 22.4. The molecule has 5 nitrogen and oxygen atoms in total. The molecule has 0 aliphatic carbocycles. The van der Waals surface area contributed by atoms with Crippen LogP contribution in [-0.4, -0.2) is 24.7 Å². The first-order chi connectivity index (χ1) is 18.3. The molecule has 0 N–H and O–H groups in total. The van der Waals surface area contributed by atoms with Crippen LogP contribution in [0.5, 0.6) is 0 Å². The fourth-order valence-electron chi connectivity index (χ4n) is 3.48. The maximum absolute atomic E-state index is 14.3. The van der Waals surface area contributed by atoms with E-state index in [1.165, 1.54) is 0 Å². The van der Waals surface area contributed by atoms with Crippen LogP contribution in [0.15, 0.2) is 36.4 Å². The predicted octanol–water partition coefficient (Wildman–Crippen LogP) is 6.98. The van der Waals surface area contributed by atoms with Crippen molar-refractivity contribution in [2.75, 3.05) is 0 Å². The van der Waals surface area contributed by atoms with Gasteiger partial charge in [-0.1, -0.05) is 30.0 Å². The fraction of sp³-hybridized carbons (Fsp3) is 0.250. The van der Waals surface area contributed by atoms with Gasteiger partial charge in [0.05, 0.1) is 17.1 Å². The molecule has 4 rings (SSSR count). The number of alkyl halides is 9. The molecule has 0 radical (unpaired) electrons. The summed E-state index contributed by atoms with van der Waals surface area (Å²) in [5.74, 6) is -3.65. The van der Waals surface area contributed by atoms with Gasteiger partial charge in [0, 0.05) is 22.4 Å². The topological polar surface area (TPSA) is 56.5 Å². The third-order valence-corrected chi connectivity index (χ3v) is 5.61. The molecule has 4 heterocycles. The molecular formula is C24H12F11N5Pt. The number of aromatic nitrogens is 5. The van der Waals surface area contributed by atoms with Gasteiger partial charge in [-0.3, -0.25) is 15.1 Å². The summed E-state index contributed by atoms with van der Waals surface area (Å²) in [5.41, 5.74) is -8.80. The first kappa shape index (κ1) is 32.1. The third kappa shape index (κ3) is 6.74. The number of pyridine rings is 3. The van der Waals surface area contributed by atoms with Crippen LogP contribution >= 0.6 is 0 Å². The normalized spacial score (nSPS) is 12.8. The molecule has 220 valence electrons. The summed E-state index contributed by atoms with van der Waals surface area (Å²) in [6, 6.07) is 4.75. The molecule has 0 amide bonds. The van der Waals surface area contributed by atoms with Gasteiger partial charge in [0.15, 0.2) is 0 Å². The average molecular weight is 774 g/mol. The minimum Gasteiger partial charge on any atom is -0.343 e. The first-order valence-electron chi connectivity index (χ1n) is 10.8. The SMILES string of the molecule is CC(C)(c1cc(C(F)(F)F)cc(-c2[c-]cc(F)nc2F)n1)c1cc(C(F)(F)F)cc(-n2[c-]cc(C(F)(F)F)n2)n1.[Pt+2]. The molecule has 0 atom stereocenters. The van der Waals surface area contributed by atoms with E-state index < -0.39 is 81.1 Å². The van der Waals surface area contributed by atoms with Gasteiger partial charge in [0.25, 0.3) is 0 Å². The van der Waals surface area contributed by atoms with Gasteiger partial charge >= 0.3 is 39.6 Å². The Labute approximate surface area is 237 Å². The van der Waals surface area contributed by atoms with Crippen molar-refractivity contribution in [2.45, 2.75) is 37.8 Å². The number of halogens is 11. The van der Waals surface area contributed by atoms with E-state index in [4.69, 9.17) is 0 Å².